The lowest BCUT2D eigenvalue weighted by Crippen LogP contribution is -2.29. The molecule has 5 nitrogen and oxygen atoms in total. The molecule has 0 spiro atoms. The molecule has 1 atom stereocenters. The summed E-state index contributed by atoms with van der Waals surface area (Å²) in [7, 11) is -3.87. The number of rotatable bonds is 6. The lowest BCUT2D eigenvalue weighted by atomic mass is 10.0. The molecule has 1 aliphatic rings. The summed E-state index contributed by atoms with van der Waals surface area (Å²) in [5, 5.41) is 5.64. The van der Waals surface area contributed by atoms with Gasteiger partial charge in [0.05, 0.1) is 10.4 Å². The van der Waals surface area contributed by atoms with Crippen molar-refractivity contribution in [3.05, 3.63) is 102 Å². The fourth-order valence-corrected chi connectivity index (χ4v) is 6.10. The normalized spacial score (nSPS) is 15.9. The predicted octanol–water partition coefficient (Wildman–Crippen LogP) is 5.77. The first-order chi connectivity index (χ1) is 16.4. The number of carbonyl (C=O) groups is 1. The van der Waals surface area contributed by atoms with E-state index in [2.05, 4.69) is 5.32 Å². The fourth-order valence-electron chi connectivity index (χ4n) is 3.98. The lowest BCUT2D eigenvalue weighted by Gasteiger charge is -2.14. The lowest BCUT2D eigenvalue weighted by molar-refractivity contribution is 0.0949. The number of hydrogen-bond donors (Lipinski definition) is 1. The summed E-state index contributed by atoms with van der Waals surface area (Å²) in [6, 6.07) is 17.2. The molecule has 34 heavy (non-hydrogen) atoms. The molecule has 0 fully saturated rings. The van der Waals surface area contributed by atoms with Crippen molar-refractivity contribution in [1.82, 2.24) is 9.29 Å². The number of allylic oxidation sites excluding steroid dienone is 3. The largest absolute Gasteiger partial charge is 0.351 e. The van der Waals surface area contributed by atoms with Crippen LogP contribution in [-0.2, 0) is 10.0 Å². The summed E-state index contributed by atoms with van der Waals surface area (Å²) in [6.45, 7) is 0.375. The third kappa shape index (κ3) is 4.22. The number of benzene rings is 2. The van der Waals surface area contributed by atoms with Crippen molar-refractivity contribution in [2.45, 2.75) is 11.3 Å². The van der Waals surface area contributed by atoms with Gasteiger partial charge in [-0.05, 0) is 66.3 Å². The maximum atomic E-state index is 13.5. The van der Waals surface area contributed by atoms with Gasteiger partial charge in [-0.2, -0.15) is 0 Å². The molecule has 1 amide bonds. The minimum Gasteiger partial charge on any atom is -0.351 e. The van der Waals surface area contributed by atoms with E-state index in [0.717, 1.165) is 15.8 Å². The Balaban J connectivity index is 1.39. The Morgan fingerprint density at radius 1 is 1.09 bits per heavy atom. The van der Waals surface area contributed by atoms with Crippen LogP contribution in [0.5, 0.6) is 0 Å². The summed E-state index contributed by atoms with van der Waals surface area (Å²) < 4.78 is 41.4. The zero-order chi connectivity index (χ0) is 23.7. The van der Waals surface area contributed by atoms with E-state index in [1.54, 1.807) is 29.7 Å². The number of aromatic nitrogens is 1. The first-order valence-electron chi connectivity index (χ1n) is 10.7. The molecule has 172 valence electrons. The highest BCUT2D eigenvalue weighted by Crippen LogP contribution is 2.35. The van der Waals surface area contributed by atoms with Crippen LogP contribution in [0, 0.1) is 5.92 Å². The van der Waals surface area contributed by atoms with Gasteiger partial charge in [0, 0.05) is 34.1 Å². The monoisotopic (exact) mass is 492 g/mol. The maximum Gasteiger partial charge on any atom is 0.268 e. The summed E-state index contributed by atoms with van der Waals surface area (Å²) >= 11 is 1.55. The Bertz CT molecular complexity index is 1520. The van der Waals surface area contributed by atoms with Crippen molar-refractivity contribution < 1.29 is 17.6 Å². The van der Waals surface area contributed by atoms with Crippen molar-refractivity contribution in [3.8, 4) is 10.4 Å². The molecule has 8 heteroatoms. The fraction of sp³-hybridized carbons (Fsp3) is 0.115. The van der Waals surface area contributed by atoms with Gasteiger partial charge in [0.2, 0.25) is 0 Å². The van der Waals surface area contributed by atoms with Gasteiger partial charge < -0.3 is 5.32 Å². The standard InChI is InChI=1S/C26H21FN2O3S2/c27-20-11-7-18(8-12-20)16-28-26(30)19-9-13-21(14-10-19)34(31,32)29-17-23(25-6-3-15-33-25)22-4-1-2-5-24(22)29/h1-7,9-15,17-18H,8,16H2,(H,28,30). The van der Waals surface area contributed by atoms with Gasteiger partial charge in [-0.25, -0.2) is 16.8 Å². The molecule has 0 radical (unpaired) electrons. The van der Waals surface area contributed by atoms with E-state index in [-0.39, 0.29) is 22.5 Å². The van der Waals surface area contributed by atoms with Crippen LogP contribution < -0.4 is 5.32 Å². The number of nitrogens with one attached hydrogen (secondary N) is 1. The molecule has 2 aromatic carbocycles. The Morgan fingerprint density at radius 2 is 1.88 bits per heavy atom. The van der Waals surface area contributed by atoms with E-state index < -0.39 is 10.0 Å². The molecule has 0 saturated heterocycles. The molecule has 1 N–H and O–H groups in total. The van der Waals surface area contributed by atoms with Crippen LogP contribution in [0.4, 0.5) is 4.39 Å². The van der Waals surface area contributed by atoms with Crippen LogP contribution in [0.1, 0.15) is 16.8 Å². The second-order valence-corrected chi connectivity index (χ2v) is 10.8. The Labute approximate surface area is 200 Å². The van der Waals surface area contributed by atoms with Crippen LogP contribution in [0.3, 0.4) is 0 Å². The third-order valence-electron chi connectivity index (χ3n) is 5.81. The molecule has 2 heterocycles. The Kier molecular flexibility index (Phi) is 5.93. The van der Waals surface area contributed by atoms with E-state index in [4.69, 9.17) is 0 Å². The van der Waals surface area contributed by atoms with E-state index in [1.807, 2.05) is 35.7 Å². The van der Waals surface area contributed by atoms with Crippen molar-refractivity contribution in [2.24, 2.45) is 5.92 Å². The van der Waals surface area contributed by atoms with Gasteiger partial charge in [-0.1, -0.05) is 30.3 Å². The molecule has 0 saturated carbocycles. The van der Waals surface area contributed by atoms with Crippen LogP contribution in [0.2, 0.25) is 0 Å². The van der Waals surface area contributed by atoms with Gasteiger partial charge in [0.25, 0.3) is 15.9 Å². The molecular formula is C26H21FN2O3S2. The Morgan fingerprint density at radius 3 is 2.59 bits per heavy atom. The number of carbonyl (C=O) groups excluding carboxylic acids is 1. The summed E-state index contributed by atoms with van der Waals surface area (Å²) in [5.74, 6) is -0.543. The van der Waals surface area contributed by atoms with Crippen molar-refractivity contribution in [1.29, 1.82) is 0 Å². The zero-order valence-electron chi connectivity index (χ0n) is 18.0. The average Bonchev–Trinajstić information content (AvgIpc) is 3.52. The highest BCUT2D eigenvalue weighted by Gasteiger charge is 2.22. The van der Waals surface area contributed by atoms with Crippen molar-refractivity contribution in [2.75, 3.05) is 6.54 Å². The van der Waals surface area contributed by atoms with E-state index in [0.29, 0.717) is 24.0 Å². The molecule has 2 aromatic heterocycles. The van der Waals surface area contributed by atoms with Gasteiger partial charge in [0.1, 0.15) is 5.83 Å². The van der Waals surface area contributed by atoms with Crippen LogP contribution in [0.15, 0.2) is 101 Å². The minimum atomic E-state index is -3.87. The smallest absolute Gasteiger partial charge is 0.268 e. The molecule has 4 aromatic rings. The molecule has 0 aliphatic heterocycles. The highest BCUT2D eigenvalue weighted by atomic mass is 32.2. The van der Waals surface area contributed by atoms with Crippen LogP contribution in [-0.4, -0.2) is 24.8 Å². The van der Waals surface area contributed by atoms with Gasteiger partial charge in [-0.3, -0.25) is 4.79 Å². The zero-order valence-corrected chi connectivity index (χ0v) is 19.7. The first kappa shape index (κ1) is 22.3. The number of hydrogen-bond acceptors (Lipinski definition) is 4. The number of fused-ring (bicyclic) bond motifs is 1. The number of amides is 1. The third-order valence-corrected chi connectivity index (χ3v) is 8.40. The first-order valence-corrected chi connectivity index (χ1v) is 13.1. The highest BCUT2D eigenvalue weighted by molar-refractivity contribution is 7.90. The number of thiophene rings is 1. The molecule has 1 aliphatic carbocycles. The molecule has 5 rings (SSSR count). The van der Waals surface area contributed by atoms with Gasteiger partial charge >= 0.3 is 0 Å². The second kappa shape index (κ2) is 9.04. The summed E-state index contributed by atoms with van der Waals surface area (Å²) in [4.78, 5) is 13.6. The van der Waals surface area contributed by atoms with Crippen molar-refractivity contribution in [3.63, 3.8) is 0 Å². The van der Waals surface area contributed by atoms with Gasteiger partial charge in [0.15, 0.2) is 0 Å². The molecule has 1 unspecified atom stereocenters. The van der Waals surface area contributed by atoms with Crippen molar-refractivity contribution >= 4 is 38.2 Å². The number of nitrogens with zero attached hydrogens (tertiary/aromatic N) is 1. The molecule has 0 bridgehead atoms. The topological polar surface area (TPSA) is 68.2 Å². The summed E-state index contributed by atoms with van der Waals surface area (Å²) in [5.41, 5.74) is 1.81. The average molecular weight is 493 g/mol. The van der Waals surface area contributed by atoms with E-state index in [9.17, 15) is 17.6 Å². The minimum absolute atomic E-state index is 0.0302. The van der Waals surface area contributed by atoms with E-state index >= 15 is 0 Å². The quantitative estimate of drug-likeness (QED) is 0.372. The number of para-hydroxylation sites is 1. The number of halogens is 1. The van der Waals surface area contributed by atoms with Crippen LogP contribution >= 0.6 is 11.3 Å². The summed E-state index contributed by atoms with van der Waals surface area (Å²) in [6.07, 6.45) is 6.80. The van der Waals surface area contributed by atoms with Crippen LogP contribution in [0.25, 0.3) is 21.3 Å². The predicted molar refractivity (Wildman–Crippen MR) is 133 cm³/mol. The Hall–Kier alpha value is -3.49. The maximum absolute atomic E-state index is 13.5. The SMILES string of the molecule is O=C(NCC1C=CC(F)=CC1)c1ccc(S(=O)(=O)n2cc(-c3cccs3)c3ccccc32)cc1. The van der Waals surface area contributed by atoms with E-state index in [1.165, 1.54) is 40.4 Å². The van der Waals surface area contributed by atoms with Gasteiger partial charge in [-0.15, -0.1) is 11.3 Å². The molecular weight excluding hydrogens is 471 g/mol. The second-order valence-electron chi connectivity index (χ2n) is 8.02.